The first-order valence-corrected chi connectivity index (χ1v) is 5.93. The lowest BCUT2D eigenvalue weighted by Crippen LogP contribution is -2.30. The highest BCUT2D eigenvalue weighted by Gasteiger charge is 2.29. The molecule has 0 bridgehead atoms. The van der Waals surface area contributed by atoms with Crippen LogP contribution < -0.4 is 16.6 Å². The Labute approximate surface area is 105 Å². The molecule has 1 aromatic rings. The number of carbonyl (C=O) groups excluding carboxylic acids is 1. The number of pyridine rings is 1. The first kappa shape index (κ1) is 12.8. The zero-order chi connectivity index (χ0) is 13.1. The minimum absolute atomic E-state index is 0.0270. The fourth-order valence-corrected chi connectivity index (χ4v) is 1.96. The third kappa shape index (κ3) is 2.77. The molecule has 2 rings (SSSR count). The van der Waals surface area contributed by atoms with Gasteiger partial charge in [-0.1, -0.05) is 0 Å². The number of rotatable bonds is 3. The molecule has 3 N–H and O–H groups in total. The highest BCUT2D eigenvalue weighted by atomic mass is 16.5. The van der Waals surface area contributed by atoms with Gasteiger partial charge in [0.1, 0.15) is 6.10 Å². The van der Waals surface area contributed by atoms with Gasteiger partial charge in [0.05, 0.1) is 11.8 Å². The van der Waals surface area contributed by atoms with E-state index < -0.39 is 6.10 Å². The molecule has 1 aromatic heterocycles. The van der Waals surface area contributed by atoms with Gasteiger partial charge in [-0.05, 0) is 18.9 Å². The SMILES string of the molecule is Cn1cc(NC(=O)C2CCC(CN)O2)ccc1=O. The van der Waals surface area contributed by atoms with Gasteiger partial charge >= 0.3 is 0 Å². The summed E-state index contributed by atoms with van der Waals surface area (Å²) in [5.41, 5.74) is 5.96. The molecule has 1 aliphatic rings. The molecule has 1 saturated heterocycles. The third-order valence-electron chi connectivity index (χ3n) is 3.02. The Bertz CT molecular complexity index is 498. The Kier molecular flexibility index (Phi) is 3.78. The zero-order valence-electron chi connectivity index (χ0n) is 10.3. The van der Waals surface area contributed by atoms with Crippen LogP contribution in [0.2, 0.25) is 0 Å². The molecule has 1 amide bonds. The lowest BCUT2D eigenvalue weighted by Gasteiger charge is -2.13. The topological polar surface area (TPSA) is 86.3 Å². The molecule has 0 aliphatic carbocycles. The first-order chi connectivity index (χ1) is 8.60. The summed E-state index contributed by atoms with van der Waals surface area (Å²) in [5, 5.41) is 2.73. The van der Waals surface area contributed by atoms with Crippen molar-refractivity contribution in [3.8, 4) is 0 Å². The van der Waals surface area contributed by atoms with Gasteiger partial charge in [-0.3, -0.25) is 9.59 Å². The van der Waals surface area contributed by atoms with E-state index in [4.69, 9.17) is 10.5 Å². The number of nitrogens with two attached hydrogens (primary N) is 1. The maximum atomic E-state index is 11.9. The van der Waals surface area contributed by atoms with E-state index in [-0.39, 0.29) is 17.6 Å². The molecule has 1 aliphatic heterocycles. The Morgan fingerprint density at radius 2 is 2.33 bits per heavy atom. The van der Waals surface area contributed by atoms with E-state index >= 15 is 0 Å². The van der Waals surface area contributed by atoms with Crippen LogP contribution >= 0.6 is 0 Å². The average Bonchev–Trinajstić information content (AvgIpc) is 2.82. The van der Waals surface area contributed by atoms with Crippen LogP contribution in [-0.4, -0.2) is 29.2 Å². The highest BCUT2D eigenvalue weighted by Crippen LogP contribution is 2.20. The lowest BCUT2D eigenvalue weighted by molar-refractivity contribution is -0.126. The van der Waals surface area contributed by atoms with Gasteiger partial charge in [0, 0.05) is 25.9 Å². The largest absolute Gasteiger partial charge is 0.364 e. The van der Waals surface area contributed by atoms with E-state index in [9.17, 15) is 9.59 Å². The van der Waals surface area contributed by atoms with E-state index in [1.165, 1.54) is 10.6 Å². The van der Waals surface area contributed by atoms with Crippen molar-refractivity contribution in [1.29, 1.82) is 0 Å². The fraction of sp³-hybridized carbons (Fsp3) is 0.500. The molecule has 0 spiro atoms. The van der Waals surface area contributed by atoms with Gasteiger partial charge in [-0.25, -0.2) is 0 Å². The number of anilines is 1. The van der Waals surface area contributed by atoms with Crippen molar-refractivity contribution < 1.29 is 9.53 Å². The van der Waals surface area contributed by atoms with E-state index in [1.807, 2.05) is 0 Å². The molecular weight excluding hydrogens is 234 g/mol. The molecule has 98 valence electrons. The number of hydrogen-bond acceptors (Lipinski definition) is 4. The predicted molar refractivity (Wildman–Crippen MR) is 67.3 cm³/mol. The van der Waals surface area contributed by atoms with Crippen molar-refractivity contribution in [2.45, 2.75) is 25.0 Å². The van der Waals surface area contributed by atoms with Crippen molar-refractivity contribution in [3.63, 3.8) is 0 Å². The fourth-order valence-electron chi connectivity index (χ4n) is 1.96. The summed E-state index contributed by atoms with van der Waals surface area (Å²) >= 11 is 0. The Hall–Kier alpha value is -1.66. The highest BCUT2D eigenvalue weighted by molar-refractivity contribution is 5.94. The van der Waals surface area contributed by atoms with Crippen LogP contribution in [0.3, 0.4) is 0 Å². The monoisotopic (exact) mass is 251 g/mol. The summed E-state index contributed by atoms with van der Waals surface area (Å²) in [7, 11) is 1.63. The number of aryl methyl sites for hydroxylation is 1. The smallest absolute Gasteiger partial charge is 0.253 e. The number of aromatic nitrogens is 1. The molecule has 0 radical (unpaired) electrons. The second kappa shape index (κ2) is 5.32. The predicted octanol–water partition coefficient (Wildman–Crippen LogP) is -0.170. The normalized spacial score (nSPS) is 23.0. The number of hydrogen-bond donors (Lipinski definition) is 2. The molecule has 6 nitrogen and oxygen atoms in total. The van der Waals surface area contributed by atoms with Gasteiger partial charge < -0.3 is 20.4 Å². The standard InChI is InChI=1S/C12H17N3O3/c1-15-7-8(2-5-11(15)16)14-12(17)10-4-3-9(6-13)18-10/h2,5,7,9-10H,3-4,6,13H2,1H3,(H,14,17). The zero-order valence-corrected chi connectivity index (χ0v) is 10.3. The lowest BCUT2D eigenvalue weighted by atomic mass is 10.2. The van der Waals surface area contributed by atoms with Crippen LogP contribution in [0.1, 0.15) is 12.8 Å². The van der Waals surface area contributed by atoms with Gasteiger partial charge in [0.25, 0.3) is 5.91 Å². The molecule has 1 fully saturated rings. The van der Waals surface area contributed by atoms with Crippen molar-refractivity contribution in [3.05, 3.63) is 28.7 Å². The molecule has 0 aromatic carbocycles. The third-order valence-corrected chi connectivity index (χ3v) is 3.02. The van der Waals surface area contributed by atoms with Crippen molar-refractivity contribution in [1.82, 2.24) is 4.57 Å². The van der Waals surface area contributed by atoms with Crippen LogP contribution in [-0.2, 0) is 16.6 Å². The summed E-state index contributed by atoms with van der Waals surface area (Å²) in [6.07, 6.45) is 2.59. The minimum Gasteiger partial charge on any atom is -0.364 e. The van der Waals surface area contributed by atoms with Crippen LogP contribution in [0.15, 0.2) is 23.1 Å². The second-order valence-electron chi connectivity index (χ2n) is 4.42. The molecule has 2 atom stereocenters. The Balaban J connectivity index is 1.99. The molecule has 0 saturated carbocycles. The average molecular weight is 251 g/mol. The van der Waals surface area contributed by atoms with Gasteiger partial charge in [-0.2, -0.15) is 0 Å². The van der Waals surface area contributed by atoms with E-state index in [0.717, 1.165) is 6.42 Å². The van der Waals surface area contributed by atoms with Gasteiger partial charge in [-0.15, -0.1) is 0 Å². The summed E-state index contributed by atoms with van der Waals surface area (Å²) < 4.78 is 6.90. The quantitative estimate of drug-likeness (QED) is 0.781. The summed E-state index contributed by atoms with van der Waals surface area (Å²) in [5.74, 6) is -0.190. The van der Waals surface area contributed by atoms with Crippen molar-refractivity contribution in [2.75, 3.05) is 11.9 Å². The van der Waals surface area contributed by atoms with Crippen molar-refractivity contribution >= 4 is 11.6 Å². The maximum Gasteiger partial charge on any atom is 0.253 e. The Morgan fingerprint density at radius 3 is 2.94 bits per heavy atom. The molecule has 18 heavy (non-hydrogen) atoms. The van der Waals surface area contributed by atoms with Crippen LogP contribution in [0.5, 0.6) is 0 Å². The Morgan fingerprint density at radius 1 is 1.56 bits per heavy atom. The molecule has 6 heteroatoms. The molecule has 2 heterocycles. The van der Waals surface area contributed by atoms with Gasteiger partial charge in [0.15, 0.2) is 0 Å². The van der Waals surface area contributed by atoms with Crippen LogP contribution in [0.25, 0.3) is 0 Å². The second-order valence-corrected chi connectivity index (χ2v) is 4.42. The molecular formula is C12H17N3O3. The van der Waals surface area contributed by atoms with E-state index in [2.05, 4.69) is 5.32 Å². The first-order valence-electron chi connectivity index (χ1n) is 5.93. The number of ether oxygens (including phenoxy) is 1. The van der Waals surface area contributed by atoms with Crippen LogP contribution in [0.4, 0.5) is 5.69 Å². The number of carbonyl (C=O) groups is 1. The summed E-state index contributed by atoms with van der Waals surface area (Å²) in [4.78, 5) is 23.1. The molecule has 2 unspecified atom stereocenters. The van der Waals surface area contributed by atoms with E-state index in [1.54, 1.807) is 19.3 Å². The maximum absolute atomic E-state index is 11.9. The number of nitrogens with one attached hydrogen (secondary N) is 1. The number of nitrogens with zero attached hydrogens (tertiary/aromatic N) is 1. The minimum atomic E-state index is -0.448. The van der Waals surface area contributed by atoms with Crippen molar-refractivity contribution in [2.24, 2.45) is 12.8 Å². The van der Waals surface area contributed by atoms with E-state index in [0.29, 0.717) is 18.7 Å². The number of amides is 1. The van der Waals surface area contributed by atoms with Crippen LogP contribution in [0, 0.1) is 0 Å². The summed E-state index contributed by atoms with van der Waals surface area (Å²) in [6.45, 7) is 0.434. The summed E-state index contributed by atoms with van der Waals surface area (Å²) in [6, 6.07) is 2.99. The van der Waals surface area contributed by atoms with Gasteiger partial charge in [0.2, 0.25) is 5.56 Å².